The molecular weight excluding hydrogens is 288 g/mol. The number of hydrogen-bond acceptors (Lipinski definition) is 5. The highest BCUT2D eigenvalue weighted by Crippen LogP contribution is 2.12. The third kappa shape index (κ3) is 5.01. The second-order valence-corrected chi connectivity index (χ2v) is 6.03. The maximum Gasteiger partial charge on any atom is 0.223 e. The molecule has 1 N–H and O–H groups in total. The van der Waals surface area contributed by atoms with Gasteiger partial charge in [-0.1, -0.05) is 47.6 Å². The summed E-state index contributed by atoms with van der Waals surface area (Å²) in [5.41, 5.74) is 1.24. The first-order valence-corrected chi connectivity index (χ1v) is 8.26. The molecule has 2 heterocycles. The SMILES string of the molecule is Cc1nc(CN2CCC[C@@H](NC/C=C\c3ccccc3)C2)no1. The van der Waals surface area contributed by atoms with Crippen molar-refractivity contribution in [3.63, 3.8) is 0 Å². The van der Waals surface area contributed by atoms with Crippen LogP contribution in [0.3, 0.4) is 0 Å². The number of piperidine rings is 1. The van der Waals surface area contributed by atoms with Crippen molar-refractivity contribution in [1.29, 1.82) is 0 Å². The van der Waals surface area contributed by atoms with Crippen LogP contribution in [0.15, 0.2) is 40.9 Å². The van der Waals surface area contributed by atoms with Gasteiger partial charge in [-0.15, -0.1) is 0 Å². The van der Waals surface area contributed by atoms with E-state index in [2.05, 4.69) is 56.8 Å². The molecule has 5 nitrogen and oxygen atoms in total. The van der Waals surface area contributed by atoms with Gasteiger partial charge in [0.25, 0.3) is 0 Å². The van der Waals surface area contributed by atoms with Gasteiger partial charge in [0.2, 0.25) is 5.89 Å². The summed E-state index contributed by atoms with van der Waals surface area (Å²) in [6.45, 7) is 5.64. The Bertz CT molecular complexity index is 623. The third-order valence-corrected chi connectivity index (χ3v) is 4.07. The van der Waals surface area contributed by atoms with Crippen molar-refractivity contribution in [2.45, 2.75) is 32.4 Å². The fourth-order valence-corrected chi connectivity index (χ4v) is 2.97. The van der Waals surface area contributed by atoms with Gasteiger partial charge in [-0.3, -0.25) is 4.90 Å². The molecule has 1 aliphatic heterocycles. The van der Waals surface area contributed by atoms with Crippen LogP contribution in [0.2, 0.25) is 0 Å². The van der Waals surface area contributed by atoms with Crippen molar-refractivity contribution < 1.29 is 4.52 Å². The van der Waals surface area contributed by atoms with Gasteiger partial charge in [-0.25, -0.2) is 0 Å². The van der Waals surface area contributed by atoms with Crippen molar-refractivity contribution in [3.05, 3.63) is 53.7 Å². The molecule has 1 aliphatic rings. The van der Waals surface area contributed by atoms with Gasteiger partial charge in [0, 0.05) is 26.1 Å². The molecule has 0 spiro atoms. The van der Waals surface area contributed by atoms with Crippen LogP contribution >= 0.6 is 0 Å². The Balaban J connectivity index is 1.42. The average molecular weight is 312 g/mol. The summed E-state index contributed by atoms with van der Waals surface area (Å²) in [4.78, 5) is 6.68. The maximum absolute atomic E-state index is 5.04. The number of hydrogen-bond donors (Lipinski definition) is 1. The molecule has 1 saturated heterocycles. The van der Waals surface area contributed by atoms with E-state index in [0.717, 1.165) is 32.0 Å². The normalized spacial score (nSPS) is 19.4. The fraction of sp³-hybridized carbons (Fsp3) is 0.444. The van der Waals surface area contributed by atoms with Gasteiger partial charge >= 0.3 is 0 Å². The molecule has 0 saturated carbocycles. The summed E-state index contributed by atoms with van der Waals surface area (Å²) in [6, 6.07) is 10.9. The minimum Gasteiger partial charge on any atom is -0.340 e. The number of rotatable bonds is 6. The van der Waals surface area contributed by atoms with E-state index in [0.29, 0.717) is 11.9 Å². The Morgan fingerprint density at radius 2 is 2.22 bits per heavy atom. The highest BCUT2D eigenvalue weighted by Gasteiger charge is 2.20. The van der Waals surface area contributed by atoms with E-state index in [9.17, 15) is 0 Å². The van der Waals surface area contributed by atoms with Crippen LogP contribution in [-0.4, -0.2) is 40.7 Å². The smallest absolute Gasteiger partial charge is 0.223 e. The summed E-state index contributed by atoms with van der Waals surface area (Å²) >= 11 is 0. The van der Waals surface area contributed by atoms with Gasteiger partial charge in [0.1, 0.15) is 0 Å². The second-order valence-electron chi connectivity index (χ2n) is 6.03. The van der Waals surface area contributed by atoms with E-state index >= 15 is 0 Å². The molecule has 1 aromatic heterocycles. The molecule has 122 valence electrons. The lowest BCUT2D eigenvalue weighted by molar-refractivity contribution is 0.180. The van der Waals surface area contributed by atoms with Crippen LogP contribution in [0.25, 0.3) is 6.08 Å². The highest BCUT2D eigenvalue weighted by molar-refractivity contribution is 5.48. The van der Waals surface area contributed by atoms with Crippen molar-refractivity contribution in [2.24, 2.45) is 0 Å². The summed E-state index contributed by atoms with van der Waals surface area (Å²) < 4.78 is 5.04. The number of likely N-dealkylation sites (tertiary alicyclic amines) is 1. The van der Waals surface area contributed by atoms with E-state index in [-0.39, 0.29) is 0 Å². The van der Waals surface area contributed by atoms with Gasteiger partial charge in [-0.05, 0) is 24.9 Å². The zero-order valence-corrected chi connectivity index (χ0v) is 13.6. The lowest BCUT2D eigenvalue weighted by Crippen LogP contribution is -2.45. The van der Waals surface area contributed by atoms with E-state index < -0.39 is 0 Å². The zero-order chi connectivity index (χ0) is 15.9. The van der Waals surface area contributed by atoms with E-state index in [4.69, 9.17) is 4.52 Å². The van der Waals surface area contributed by atoms with Gasteiger partial charge < -0.3 is 9.84 Å². The van der Waals surface area contributed by atoms with Gasteiger partial charge in [-0.2, -0.15) is 4.98 Å². The Morgan fingerprint density at radius 1 is 1.35 bits per heavy atom. The Morgan fingerprint density at radius 3 is 3.00 bits per heavy atom. The molecule has 0 amide bonds. The van der Waals surface area contributed by atoms with Crippen LogP contribution in [-0.2, 0) is 6.54 Å². The van der Waals surface area contributed by atoms with E-state index in [1.165, 1.54) is 18.4 Å². The largest absolute Gasteiger partial charge is 0.340 e. The van der Waals surface area contributed by atoms with Crippen LogP contribution in [0.1, 0.15) is 30.1 Å². The zero-order valence-electron chi connectivity index (χ0n) is 13.6. The Labute approximate surface area is 137 Å². The summed E-state index contributed by atoms with van der Waals surface area (Å²) in [6.07, 6.45) is 6.78. The molecular formula is C18H24N4O. The van der Waals surface area contributed by atoms with E-state index in [1.54, 1.807) is 0 Å². The molecule has 0 aliphatic carbocycles. The van der Waals surface area contributed by atoms with Gasteiger partial charge in [0.05, 0.1) is 6.54 Å². The highest BCUT2D eigenvalue weighted by atomic mass is 16.5. The lowest BCUT2D eigenvalue weighted by atomic mass is 10.1. The molecule has 0 bridgehead atoms. The maximum atomic E-state index is 5.04. The molecule has 1 atom stereocenters. The molecule has 5 heteroatoms. The third-order valence-electron chi connectivity index (χ3n) is 4.07. The topological polar surface area (TPSA) is 54.2 Å². The second kappa shape index (κ2) is 8.04. The predicted molar refractivity (Wildman–Crippen MR) is 90.8 cm³/mol. The molecule has 1 fully saturated rings. The first kappa shape index (κ1) is 15.9. The number of nitrogens with zero attached hydrogens (tertiary/aromatic N) is 3. The van der Waals surface area contributed by atoms with Crippen LogP contribution in [0, 0.1) is 6.92 Å². The van der Waals surface area contributed by atoms with Crippen molar-refractivity contribution in [1.82, 2.24) is 20.4 Å². The summed E-state index contributed by atoms with van der Waals surface area (Å²) in [5, 5.41) is 7.60. The van der Waals surface area contributed by atoms with Crippen molar-refractivity contribution >= 4 is 6.08 Å². The number of benzene rings is 1. The molecule has 2 aromatic rings. The quantitative estimate of drug-likeness (QED) is 0.888. The fourth-order valence-electron chi connectivity index (χ4n) is 2.97. The molecule has 3 rings (SSSR count). The van der Waals surface area contributed by atoms with Gasteiger partial charge in [0.15, 0.2) is 5.82 Å². The molecule has 1 aromatic carbocycles. The van der Waals surface area contributed by atoms with Crippen LogP contribution < -0.4 is 5.32 Å². The predicted octanol–water partition coefficient (Wildman–Crippen LogP) is 2.65. The minimum atomic E-state index is 0.525. The van der Waals surface area contributed by atoms with Crippen molar-refractivity contribution in [3.8, 4) is 0 Å². The van der Waals surface area contributed by atoms with Crippen LogP contribution in [0.5, 0.6) is 0 Å². The molecule has 23 heavy (non-hydrogen) atoms. The molecule has 0 radical (unpaired) electrons. The number of nitrogens with one attached hydrogen (secondary N) is 1. The number of aryl methyl sites for hydroxylation is 1. The number of aromatic nitrogens is 2. The van der Waals surface area contributed by atoms with E-state index in [1.807, 2.05) is 13.0 Å². The van der Waals surface area contributed by atoms with Crippen LogP contribution in [0.4, 0.5) is 0 Å². The minimum absolute atomic E-state index is 0.525. The van der Waals surface area contributed by atoms with Crippen molar-refractivity contribution in [2.75, 3.05) is 19.6 Å². The lowest BCUT2D eigenvalue weighted by Gasteiger charge is -2.32. The summed E-state index contributed by atoms with van der Waals surface area (Å²) in [5.74, 6) is 1.42. The average Bonchev–Trinajstić information content (AvgIpc) is 2.98. The Hall–Kier alpha value is -1.98. The monoisotopic (exact) mass is 312 g/mol. The first-order chi connectivity index (χ1) is 11.3. The molecule has 0 unspecified atom stereocenters. The first-order valence-electron chi connectivity index (χ1n) is 8.26. The standard InChI is InChI=1S/C18H24N4O/c1-15-20-18(21-23-15)14-22-12-6-10-17(13-22)19-11-5-9-16-7-3-2-4-8-16/h2-5,7-9,17,19H,6,10-14H2,1H3/b9-5-/t17-/m1/s1. The Kier molecular flexibility index (Phi) is 5.56. The summed E-state index contributed by atoms with van der Waals surface area (Å²) in [7, 11) is 0.